The van der Waals surface area contributed by atoms with Gasteiger partial charge in [-0.25, -0.2) is 4.98 Å². The summed E-state index contributed by atoms with van der Waals surface area (Å²) in [6.45, 7) is 0.780. The number of aromatic nitrogens is 4. The molecule has 2 aromatic heterocycles. The third-order valence-corrected chi connectivity index (χ3v) is 3.02. The summed E-state index contributed by atoms with van der Waals surface area (Å²) in [7, 11) is 1.78. The molecule has 17 heavy (non-hydrogen) atoms. The Labute approximate surface area is 103 Å². The zero-order valence-corrected chi connectivity index (χ0v) is 10.1. The molecule has 1 fully saturated rings. The van der Waals surface area contributed by atoms with E-state index in [0.29, 0.717) is 17.0 Å². The summed E-state index contributed by atoms with van der Waals surface area (Å²) in [6.07, 6.45) is 3.77. The molecular formula is C10H12ClN5O. The second-order valence-electron chi connectivity index (χ2n) is 3.88. The van der Waals surface area contributed by atoms with E-state index in [9.17, 15) is 0 Å². The minimum absolute atomic E-state index is 0.00988. The summed E-state index contributed by atoms with van der Waals surface area (Å²) in [5, 5.41) is 3.17. The van der Waals surface area contributed by atoms with Gasteiger partial charge in [-0.15, -0.1) is 0 Å². The highest BCUT2D eigenvalue weighted by molar-refractivity contribution is 6.28. The lowest BCUT2D eigenvalue weighted by atomic mass is 10.3. The van der Waals surface area contributed by atoms with Gasteiger partial charge in [-0.05, 0) is 24.4 Å². The molecule has 1 saturated heterocycles. The molecule has 7 heteroatoms. The van der Waals surface area contributed by atoms with Gasteiger partial charge in [0.05, 0.1) is 6.33 Å². The highest BCUT2D eigenvalue weighted by atomic mass is 35.5. The van der Waals surface area contributed by atoms with Crippen molar-refractivity contribution in [2.24, 2.45) is 0 Å². The first-order chi connectivity index (χ1) is 8.29. The van der Waals surface area contributed by atoms with E-state index in [-0.39, 0.29) is 11.5 Å². The second kappa shape index (κ2) is 4.12. The van der Waals surface area contributed by atoms with E-state index in [4.69, 9.17) is 16.3 Å². The third-order valence-electron chi connectivity index (χ3n) is 2.85. The Bertz CT molecular complexity index is 549. The van der Waals surface area contributed by atoms with Crippen LogP contribution in [0.25, 0.3) is 11.2 Å². The second-order valence-corrected chi connectivity index (χ2v) is 4.22. The van der Waals surface area contributed by atoms with Crippen LogP contribution in [0.15, 0.2) is 6.33 Å². The molecule has 0 amide bonds. The Hall–Kier alpha value is -1.40. The normalized spacial score (nSPS) is 20.0. The van der Waals surface area contributed by atoms with Crippen LogP contribution in [0.2, 0.25) is 5.28 Å². The quantitative estimate of drug-likeness (QED) is 0.828. The van der Waals surface area contributed by atoms with Crippen LogP contribution in [0, 0.1) is 0 Å². The lowest BCUT2D eigenvalue weighted by Gasteiger charge is -2.11. The molecule has 1 atom stereocenters. The SMILES string of the molecule is CNc1nc(Cl)nc2c1ncn2C1CCCO1. The van der Waals surface area contributed by atoms with Crippen LogP contribution in [-0.4, -0.2) is 33.2 Å². The van der Waals surface area contributed by atoms with Crippen LogP contribution in [0.1, 0.15) is 19.1 Å². The number of rotatable bonds is 2. The maximum Gasteiger partial charge on any atom is 0.226 e. The van der Waals surface area contributed by atoms with Crippen molar-refractivity contribution in [3.05, 3.63) is 11.6 Å². The molecule has 90 valence electrons. The van der Waals surface area contributed by atoms with E-state index >= 15 is 0 Å². The lowest BCUT2D eigenvalue weighted by Crippen LogP contribution is -2.07. The van der Waals surface area contributed by atoms with Crippen LogP contribution in [0.4, 0.5) is 5.82 Å². The predicted molar refractivity (Wildman–Crippen MR) is 64.1 cm³/mol. The molecule has 1 N–H and O–H groups in total. The molecule has 1 unspecified atom stereocenters. The van der Waals surface area contributed by atoms with Gasteiger partial charge in [-0.2, -0.15) is 9.97 Å². The Morgan fingerprint density at radius 3 is 3.12 bits per heavy atom. The summed E-state index contributed by atoms with van der Waals surface area (Å²) in [5.74, 6) is 0.636. The van der Waals surface area contributed by atoms with Crippen molar-refractivity contribution in [1.82, 2.24) is 19.5 Å². The van der Waals surface area contributed by atoms with Crippen LogP contribution in [0.5, 0.6) is 0 Å². The summed E-state index contributed by atoms with van der Waals surface area (Å²) in [6, 6.07) is 0. The Balaban J connectivity index is 2.17. The number of fused-ring (bicyclic) bond motifs is 1. The number of halogens is 1. The van der Waals surface area contributed by atoms with Crippen LogP contribution < -0.4 is 5.32 Å². The van der Waals surface area contributed by atoms with E-state index < -0.39 is 0 Å². The minimum Gasteiger partial charge on any atom is -0.371 e. The van der Waals surface area contributed by atoms with Gasteiger partial charge in [0.1, 0.15) is 6.23 Å². The number of anilines is 1. The average Bonchev–Trinajstić information content (AvgIpc) is 2.94. The molecule has 3 heterocycles. The number of hydrogen-bond acceptors (Lipinski definition) is 5. The van der Waals surface area contributed by atoms with Crippen LogP contribution in [0.3, 0.4) is 0 Å². The molecule has 1 aliphatic rings. The first-order valence-corrected chi connectivity index (χ1v) is 5.87. The largest absolute Gasteiger partial charge is 0.371 e. The fourth-order valence-electron chi connectivity index (χ4n) is 2.06. The predicted octanol–water partition coefficient (Wildman–Crippen LogP) is 1.83. The molecule has 3 rings (SSSR count). The molecule has 1 aliphatic heterocycles. The standard InChI is InChI=1S/C10H12ClN5O/c1-12-8-7-9(15-10(11)14-8)16(5-13-7)6-3-2-4-17-6/h5-6H,2-4H2,1H3,(H,12,14,15). The van der Waals surface area contributed by atoms with Gasteiger partial charge in [0.2, 0.25) is 5.28 Å². The van der Waals surface area contributed by atoms with E-state index in [1.54, 1.807) is 13.4 Å². The molecule has 0 radical (unpaired) electrons. The Morgan fingerprint density at radius 2 is 2.41 bits per heavy atom. The van der Waals surface area contributed by atoms with E-state index in [2.05, 4.69) is 20.3 Å². The summed E-state index contributed by atoms with van der Waals surface area (Å²) >= 11 is 5.89. The van der Waals surface area contributed by atoms with E-state index in [1.165, 1.54) is 0 Å². The highest BCUT2D eigenvalue weighted by Crippen LogP contribution is 2.28. The van der Waals surface area contributed by atoms with Crippen molar-refractivity contribution in [2.45, 2.75) is 19.1 Å². The number of imidazole rings is 1. The van der Waals surface area contributed by atoms with Gasteiger partial charge >= 0.3 is 0 Å². The van der Waals surface area contributed by atoms with Crippen molar-refractivity contribution in [2.75, 3.05) is 19.0 Å². The summed E-state index contributed by atoms with van der Waals surface area (Å²) < 4.78 is 7.53. The molecule has 0 aromatic carbocycles. The summed E-state index contributed by atoms with van der Waals surface area (Å²) in [5.41, 5.74) is 1.42. The molecule has 0 spiro atoms. The van der Waals surface area contributed by atoms with Gasteiger partial charge < -0.3 is 10.1 Å². The van der Waals surface area contributed by atoms with Gasteiger partial charge in [0, 0.05) is 13.7 Å². The maximum absolute atomic E-state index is 5.89. The van der Waals surface area contributed by atoms with Gasteiger partial charge in [-0.3, -0.25) is 4.57 Å². The van der Waals surface area contributed by atoms with Crippen molar-refractivity contribution >= 4 is 28.6 Å². The number of hydrogen-bond donors (Lipinski definition) is 1. The topological polar surface area (TPSA) is 64.9 Å². The number of ether oxygens (including phenoxy) is 1. The average molecular weight is 254 g/mol. The molecule has 2 aromatic rings. The molecule has 0 bridgehead atoms. The van der Waals surface area contributed by atoms with Gasteiger partial charge in [0.15, 0.2) is 17.0 Å². The van der Waals surface area contributed by atoms with Crippen LogP contribution >= 0.6 is 11.6 Å². The fraction of sp³-hybridized carbons (Fsp3) is 0.500. The fourth-order valence-corrected chi connectivity index (χ4v) is 2.22. The number of nitrogens with zero attached hydrogens (tertiary/aromatic N) is 4. The molecule has 0 saturated carbocycles. The van der Waals surface area contributed by atoms with Crippen molar-refractivity contribution < 1.29 is 4.74 Å². The minimum atomic E-state index is 0.00988. The molecule has 6 nitrogen and oxygen atoms in total. The van der Waals surface area contributed by atoms with Gasteiger partial charge in [-0.1, -0.05) is 0 Å². The lowest BCUT2D eigenvalue weighted by molar-refractivity contribution is 0.0593. The molecule has 0 aliphatic carbocycles. The smallest absolute Gasteiger partial charge is 0.226 e. The highest BCUT2D eigenvalue weighted by Gasteiger charge is 2.21. The van der Waals surface area contributed by atoms with E-state index in [1.807, 2.05) is 4.57 Å². The first kappa shape index (κ1) is 10.7. The van der Waals surface area contributed by atoms with Crippen LogP contribution in [-0.2, 0) is 4.74 Å². The maximum atomic E-state index is 5.89. The molecular weight excluding hydrogens is 242 g/mol. The zero-order chi connectivity index (χ0) is 11.8. The van der Waals surface area contributed by atoms with Crippen molar-refractivity contribution in [1.29, 1.82) is 0 Å². The Morgan fingerprint density at radius 1 is 1.53 bits per heavy atom. The van der Waals surface area contributed by atoms with E-state index in [0.717, 1.165) is 19.4 Å². The third kappa shape index (κ3) is 1.73. The van der Waals surface area contributed by atoms with Crippen molar-refractivity contribution in [3.8, 4) is 0 Å². The Kier molecular flexibility index (Phi) is 2.60. The van der Waals surface area contributed by atoms with Crippen molar-refractivity contribution in [3.63, 3.8) is 0 Å². The monoisotopic (exact) mass is 253 g/mol. The summed E-state index contributed by atoms with van der Waals surface area (Å²) in [4.78, 5) is 12.6. The first-order valence-electron chi connectivity index (χ1n) is 5.49. The zero-order valence-electron chi connectivity index (χ0n) is 9.35. The van der Waals surface area contributed by atoms with Gasteiger partial charge in [0.25, 0.3) is 0 Å². The number of nitrogens with one attached hydrogen (secondary N) is 1.